The van der Waals surface area contributed by atoms with Gasteiger partial charge in [-0.2, -0.15) is 5.26 Å². The quantitative estimate of drug-likeness (QED) is 0.270. The molecule has 0 aliphatic carbocycles. The van der Waals surface area contributed by atoms with Crippen LogP contribution in [0.25, 0.3) is 6.08 Å². The highest BCUT2D eigenvalue weighted by Gasteiger charge is 2.30. The van der Waals surface area contributed by atoms with Crippen molar-refractivity contribution < 1.29 is 30.7 Å². The topological polar surface area (TPSA) is 143 Å². The van der Waals surface area contributed by atoms with E-state index in [9.17, 15) is 29.9 Å². The Morgan fingerprint density at radius 1 is 1.11 bits per heavy atom. The normalized spacial score (nSPS) is 15.9. The van der Waals surface area contributed by atoms with Gasteiger partial charge >= 0.3 is 0 Å². The third-order valence-electron chi connectivity index (χ3n) is 5.53. The number of hydrogen-bond donors (Lipinski definition) is 3. The number of phenolic OH excluding ortho intramolecular Hbond substituents is 2. The van der Waals surface area contributed by atoms with Crippen molar-refractivity contribution in [3.63, 3.8) is 0 Å². The van der Waals surface area contributed by atoms with Gasteiger partial charge in [0.1, 0.15) is 12.1 Å². The van der Waals surface area contributed by atoms with Crippen molar-refractivity contribution in [2.24, 2.45) is 0 Å². The molecule has 0 aromatic heterocycles. The molecule has 0 saturated carbocycles. The summed E-state index contributed by atoms with van der Waals surface area (Å²) in [4.78, 5) is 40.4. The van der Waals surface area contributed by atoms with Crippen LogP contribution in [0.4, 0.5) is 0 Å². The predicted octanol–water partition coefficient (Wildman–Crippen LogP) is 1.40. The molecule has 1 heterocycles. The van der Waals surface area contributed by atoms with Gasteiger partial charge in [-0.1, -0.05) is 36.4 Å². The Kier molecular flexibility index (Phi) is 8.51. The summed E-state index contributed by atoms with van der Waals surface area (Å²) in [7, 11) is 0. The zero-order valence-electron chi connectivity index (χ0n) is 20.8. The number of rotatable bonds is 9. The first kappa shape index (κ1) is 24.8. The summed E-state index contributed by atoms with van der Waals surface area (Å²) in [6.07, 6.45) is 1.44. The van der Waals surface area contributed by atoms with Crippen LogP contribution in [0.3, 0.4) is 0 Å². The van der Waals surface area contributed by atoms with E-state index in [4.69, 9.17) is 6.11 Å². The molecule has 0 radical (unpaired) electrons. The average Bonchev–Trinajstić information content (AvgIpc) is 2.91. The van der Waals surface area contributed by atoms with Crippen LogP contribution < -0.4 is 5.32 Å². The zero-order valence-corrected chi connectivity index (χ0v) is 19.8. The Bertz CT molecular complexity index is 1210. The lowest BCUT2D eigenvalue weighted by atomic mass is 10.1. The Morgan fingerprint density at radius 2 is 1.78 bits per heavy atom. The number of nitrogens with one attached hydrogen (secondary N) is 1. The van der Waals surface area contributed by atoms with E-state index in [0.29, 0.717) is 11.1 Å². The molecular formula is C26H28N4O6. The molecule has 2 atom stereocenters. The second-order valence-corrected chi connectivity index (χ2v) is 8.15. The number of hydrogen-bond acceptors (Lipinski definition) is 8. The lowest BCUT2D eigenvalue weighted by Gasteiger charge is -2.37. The van der Waals surface area contributed by atoms with Crippen LogP contribution in [-0.4, -0.2) is 76.4 Å². The standard InChI is InChI=1S/C26H28N4O6/c1-18(31)28-21(17-36-16-19-5-3-2-4-6-19)26(35)30-11-9-29(10-12-30)22(25(34)15-27)13-20-7-8-23(32)24(33)14-20/h2-8,13-14,21,32-33H,9-12,16-17H2,1H3,(H,28,31)/b22-13+/t21-/m0/s1/i16D/t16?,21-. The number of carbonyl (C=O) groups is 3. The highest BCUT2D eigenvalue weighted by atomic mass is 16.5. The van der Waals surface area contributed by atoms with Gasteiger partial charge in [-0.15, -0.1) is 0 Å². The van der Waals surface area contributed by atoms with Gasteiger partial charge < -0.3 is 30.1 Å². The molecule has 2 amide bonds. The van der Waals surface area contributed by atoms with Gasteiger partial charge in [0, 0.05) is 33.1 Å². The number of nitrogens with zero attached hydrogens (tertiary/aromatic N) is 3. The van der Waals surface area contributed by atoms with Gasteiger partial charge in [0.15, 0.2) is 11.5 Å². The maximum atomic E-state index is 13.2. The fourth-order valence-corrected chi connectivity index (χ4v) is 3.73. The number of benzene rings is 2. The van der Waals surface area contributed by atoms with E-state index in [1.54, 1.807) is 35.2 Å². The summed E-state index contributed by atoms with van der Waals surface area (Å²) in [6, 6.07) is 13.5. The van der Waals surface area contributed by atoms with Gasteiger partial charge in [-0.25, -0.2) is 0 Å². The van der Waals surface area contributed by atoms with Crippen molar-refractivity contribution >= 4 is 23.7 Å². The number of nitriles is 1. The summed E-state index contributed by atoms with van der Waals surface area (Å²) in [5, 5.41) is 31.0. The molecule has 3 rings (SSSR count). The Hall–Kier alpha value is -4.36. The highest BCUT2D eigenvalue weighted by molar-refractivity contribution is 6.09. The van der Waals surface area contributed by atoms with Crippen molar-refractivity contribution in [3.05, 3.63) is 65.4 Å². The lowest BCUT2D eigenvalue weighted by Crippen LogP contribution is -2.56. The number of allylic oxidation sites excluding steroid dienone is 1. The summed E-state index contributed by atoms with van der Waals surface area (Å²) in [6.45, 7) is 1.00. The molecule has 188 valence electrons. The first-order valence-corrected chi connectivity index (χ1v) is 11.3. The molecule has 1 aliphatic rings. The van der Waals surface area contributed by atoms with Crippen LogP contribution in [-0.2, 0) is 25.7 Å². The Balaban J connectivity index is 1.67. The molecule has 10 nitrogen and oxygen atoms in total. The number of amides is 2. The van der Waals surface area contributed by atoms with Crippen molar-refractivity contribution in [1.29, 1.82) is 5.26 Å². The molecule has 2 aromatic rings. The minimum atomic E-state index is -1.02. The van der Waals surface area contributed by atoms with Crippen molar-refractivity contribution in [2.75, 3.05) is 32.8 Å². The summed E-state index contributed by atoms with van der Waals surface area (Å²) >= 11 is 0. The lowest BCUT2D eigenvalue weighted by molar-refractivity contribution is -0.139. The summed E-state index contributed by atoms with van der Waals surface area (Å²) < 4.78 is 13.7. The van der Waals surface area contributed by atoms with Crippen LogP contribution in [0.5, 0.6) is 11.5 Å². The van der Waals surface area contributed by atoms with Gasteiger partial charge in [0.2, 0.25) is 11.8 Å². The number of piperazine rings is 1. The molecule has 2 aromatic carbocycles. The molecule has 3 N–H and O–H groups in total. The zero-order chi connectivity index (χ0) is 26.9. The van der Waals surface area contributed by atoms with Gasteiger partial charge in [-0.05, 0) is 29.3 Å². The number of carbonyl (C=O) groups excluding carboxylic acids is 3. The summed E-state index contributed by atoms with van der Waals surface area (Å²) in [5.41, 5.74) is 1.13. The maximum absolute atomic E-state index is 13.2. The largest absolute Gasteiger partial charge is 0.504 e. The Labute approximate surface area is 210 Å². The molecule has 36 heavy (non-hydrogen) atoms. The van der Waals surface area contributed by atoms with E-state index in [0.717, 1.165) is 0 Å². The van der Waals surface area contributed by atoms with Crippen LogP contribution in [0.15, 0.2) is 54.2 Å². The number of ketones is 1. The molecule has 0 bridgehead atoms. The van der Waals surface area contributed by atoms with E-state index in [1.165, 1.54) is 36.1 Å². The van der Waals surface area contributed by atoms with Crippen molar-refractivity contribution in [3.8, 4) is 17.6 Å². The van der Waals surface area contributed by atoms with Gasteiger partial charge in [0.05, 0.1) is 20.3 Å². The minimum Gasteiger partial charge on any atom is -0.504 e. The molecule has 1 fully saturated rings. The van der Waals surface area contributed by atoms with Crippen LogP contribution in [0, 0.1) is 11.3 Å². The second kappa shape index (κ2) is 12.4. The van der Waals surface area contributed by atoms with Crippen molar-refractivity contribution in [2.45, 2.75) is 19.5 Å². The summed E-state index contributed by atoms with van der Waals surface area (Å²) in [5.74, 6) is -2.24. The fraction of sp³-hybridized carbons (Fsp3) is 0.308. The number of phenols is 2. The average molecular weight is 494 g/mol. The van der Waals surface area contributed by atoms with Gasteiger partial charge in [-0.3, -0.25) is 14.4 Å². The monoisotopic (exact) mass is 493 g/mol. The smallest absolute Gasteiger partial charge is 0.278 e. The second-order valence-electron chi connectivity index (χ2n) is 8.15. The molecule has 10 heteroatoms. The number of ether oxygens (including phenoxy) is 1. The molecule has 1 unspecified atom stereocenters. The third kappa shape index (κ3) is 7.07. The van der Waals surface area contributed by atoms with E-state index < -0.39 is 24.3 Å². The number of Topliss-reactive ketones (excluding diaryl/α,β-unsaturated/α-hetero) is 1. The third-order valence-corrected chi connectivity index (χ3v) is 5.53. The molecule has 1 saturated heterocycles. The van der Waals surface area contributed by atoms with E-state index in [-0.39, 0.29) is 55.9 Å². The Morgan fingerprint density at radius 3 is 2.39 bits per heavy atom. The van der Waals surface area contributed by atoms with E-state index in [1.807, 2.05) is 6.07 Å². The highest BCUT2D eigenvalue weighted by Crippen LogP contribution is 2.26. The van der Waals surface area contributed by atoms with Crippen LogP contribution in [0.1, 0.15) is 19.4 Å². The van der Waals surface area contributed by atoms with E-state index >= 15 is 0 Å². The van der Waals surface area contributed by atoms with Gasteiger partial charge in [0.25, 0.3) is 5.78 Å². The molecular weight excluding hydrogens is 464 g/mol. The van der Waals surface area contributed by atoms with Crippen molar-refractivity contribution in [1.82, 2.24) is 15.1 Å². The van der Waals surface area contributed by atoms with Crippen LogP contribution >= 0.6 is 0 Å². The number of aromatic hydroxyl groups is 2. The van der Waals surface area contributed by atoms with Crippen LogP contribution in [0.2, 0.25) is 0 Å². The first-order chi connectivity index (χ1) is 17.7. The molecule has 1 aliphatic heterocycles. The maximum Gasteiger partial charge on any atom is 0.278 e. The first-order valence-electron chi connectivity index (χ1n) is 11.8. The fourth-order valence-electron chi connectivity index (χ4n) is 3.73. The molecule has 0 spiro atoms. The minimum absolute atomic E-state index is 0.0985. The SMILES string of the molecule is [2H]C(OC[C@H](NC(C)=O)C(=O)N1CCN(/C(=C/c2ccc(O)c(O)c2)C(=O)C#N)CC1)c1ccccc1. The van der Waals surface area contributed by atoms with E-state index in [2.05, 4.69) is 5.32 Å². The predicted molar refractivity (Wildman–Crippen MR) is 130 cm³/mol.